The van der Waals surface area contributed by atoms with Crippen molar-refractivity contribution in [3.63, 3.8) is 0 Å². The predicted octanol–water partition coefficient (Wildman–Crippen LogP) is 0.803. The second-order valence-corrected chi connectivity index (χ2v) is 5.16. The van der Waals surface area contributed by atoms with Gasteiger partial charge in [-0.2, -0.15) is 0 Å². The van der Waals surface area contributed by atoms with Crippen LogP contribution in [0.25, 0.3) is 0 Å². The van der Waals surface area contributed by atoms with Crippen LogP contribution in [-0.4, -0.2) is 46.5 Å². The highest BCUT2D eigenvalue weighted by molar-refractivity contribution is 6.03. The Morgan fingerprint density at radius 3 is 1.20 bits per heavy atom. The van der Waals surface area contributed by atoms with Crippen molar-refractivity contribution in [1.29, 1.82) is 0 Å². The van der Waals surface area contributed by atoms with Crippen molar-refractivity contribution in [3.8, 4) is 0 Å². The fourth-order valence-corrected chi connectivity index (χ4v) is 2.36. The van der Waals surface area contributed by atoms with Gasteiger partial charge in [0.25, 0.3) is 0 Å². The van der Waals surface area contributed by atoms with E-state index in [1.54, 1.807) is 13.8 Å². The summed E-state index contributed by atoms with van der Waals surface area (Å²) in [6.07, 6.45) is 0.791. The molecule has 0 N–H and O–H groups in total. The Labute approximate surface area is 119 Å². The minimum absolute atomic E-state index is 0.0208. The second-order valence-electron chi connectivity index (χ2n) is 5.16. The quantitative estimate of drug-likeness (QED) is 0.702. The van der Waals surface area contributed by atoms with Crippen LogP contribution in [0.2, 0.25) is 0 Å². The topological polar surface area (TPSA) is 74.8 Å². The number of amides is 4. The molecule has 2 heterocycles. The van der Waals surface area contributed by atoms with Gasteiger partial charge in [-0.05, 0) is 13.8 Å². The van der Waals surface area contributed by atoms with Crippen molar-refractivity contribution in [2.45, 2.75) is 40.5 Å². The van der Waals surface area contributed by atoms with E-state index in [-0.39, 0.29) is 35.5 Å². The van der Waals surface area contributed by atoms with Gasteiger partial charge in [0.15, 0.2) is 0 Å². The average molecular weight is 282 g/mol. The highest BCUT2D eigenvalue weighted by Gasteiger charge is 2.34. The lowest BCUT2D eigenvalue weighted by atomic mass is 10.1. The zero-order chi connectivity index (χ0) is 15.4. The lowest BCUT2D eigenvalue weighted by molar-refractivity contribution is -0.140. The van der Waals surface area contributed by atoms with Gasteiger partial charge in [0.05, 0.1) is 0 Å². The van der Waals surface area contributed by atoms with Crippen LogP contribution < -0.4 is 0 Å². The number of hydrogen-bond donors (Lipinski definition) is 0. The maximum atomic E-state index is 11.1. The highest BCUT2D eigenvalue weighted by atomic mass is 16.2. The standard InChI is InChI=1S/2C7H11NO2/c2*1-3-8-6(9)4-5(2)7(8)10/h2*5H,3-4H2,1-2H3. The molecule has 2 fully saturated rings. The summed E-state index contributed by atoms with van der Waals surface area (Å²) in [5.74, 6) is -0.278. The molecule has 0 aliphatic carbocycles. The van der Waals surface area contributed by atoms with Crippen molar-refractivity contribution in [2.24, 2.45) is 11.8 Å². The van der Waals surface area contributed by atoms with E-state index in [4.69, 9.17) is 0 Å². The van der Waals surface area contributed by atoms with Gasteiger partial charge < -0.3 is 0 Å². The fraction of sp³-hybridized carbons (Fsp3) is 0.714. The maximum absolute atomic E-state index is 11.1. The molecule has 0 aromatic heterocycles. The lowest BCUT2D eigenvalue weighted by Gasteiger charge is -2.09. The monoisotopic (exact) mass is 282 g/mol. The van der Waals surface area contributed by atoms with E-state index in [9.17, 15) is 19.2 Å². The van der Waals surface area contributed by atoms with Gasteiger partial charge in [0.1, 0.15) is 0 Å². The number of carbonyl (C=O) groups is 4. The molecule has 2 atom stereocenters. The highest BCUT2D eigenvalue weighted by Crippen LogP contribution is 2.18. The Kier molecular flexibility index (Phi) is 5.42. The Morgan fingerprint density at radius 1 is 0.800 bits per heavy atom. The first-order valence-electron chi connectivity index (χ1n) is 7.01. The van der Waals surface area contributed by atoms with E-state index in [2.05, 4.69) is 0 Å². The van der Waals surface area contributed by atoms with Crippen molar-refractivity contribution >= 4 is 23.6 Å². The van der Waals surface area contributed by atoms with Crippen LogP contribution in [0, 0.1) is 11.8 Å². The fourth-order valence-electron chi connectivity index (χ4n) is 2.36. The predicted molar refractivity (Wildman–Crippen MR) is 72.4 cm³/mol. The number of imide groups is 2. The van der Waals surface area contributed by atoms with E-state index in [0.29, 0.717) is 25.9 Å². The molecule has 0 aromatic rings. The van der Waals surface area contributed by atoms with E-state index in [0.717, 1.165) is 0 Å². The molecule has 2 unspecified atom stereocenters. The van der Waals surface area contributed by atoms with E-state index >= 15 is 0 Å². The Hall–Kier alpha value is -1.72. The van der Waals surface area contributed by atoms with Crippen molar-refractivity contribution < 1.29 is 19.2 Å². The Balaban J connectivity index is 0.000000200. The van der Waals surface area contributed by atoms with Crippen molar-refractivity contribution in [1.82, 2.24) is 9.80 Å². The van der Waals surface area contributed by atoms with Crippen LogP contribution in [0.15, 0.2) is 0 Å². The van der Waals surface area contributed by atoms with Crippen LogP contribution >= 0.6 is 0 Å². The summed E-state index contributed by atoms with van der Waals surface area (Å²) < 4.78 is 0. The van der Waals surface area contributed by atoms with Gasteiger partial charge >= 0.3 is 0 Å². The summed E-state index contributed by atoms with van der Waals surface area (Å²) >= 11 is 0. The Morgan fingerprint density at radius 2 is 1.10 bits per heavy atom. The number of likely N-dealkylation sites (tertiary alicyclic amines) is 2. The molecule has 0 saturated carbocycles. The first kappa shape index (κ1) is 16.3. The molecule has 2 aliphatic rings. The molecule has 0 bridgehead atoms. The van der Waals surface area contributed by atoms with Crippen LogP contribution in [0.5, 0.6) is 0 Å². The largest absolute Gasteiger partial charge is 0.283 e. The lowest BCUT2D eigenvalue weighted by Crippen LogP contribution is -2.29. The van der Waals surface area contributed by atoms with Gasteiger partial charge in [-0.3, -0.25) is 29.0 Å². The summed E-state index contributed by atoms with van der Waals surface area (Å²) in [5.41, 5.74) is 0. The molecule has 4 amide bonds. The molecule has 112 valence electrons. The van der Waals surface area contributed by atoms with Gasteiger partial charge in [0, 0.05) is 37.8 Å². The van der Waals surface area contributed by atoms with Crippen molar-refractivity contribution in [2.75, 3.05) is 13.1 Å². The van der Waals surface area contributed by atoms with E-state index in [1.807, 2.05) is 13.8 Å². The smallest absolute Gasteiger partial charge is 0.232 e. The normalized spacial score (nSPS) is 26.2. The third-order valence-corrected chi connectivity index (χ3v) is 3.57. The van der Waals surface area contributed by atoms with Gasteiger partial charge in [-0.25, -0.2) is 0 Å². The zero-order valence-corrected chi connectivity index (χ0v) is 12.5. The molecule has 20 heavy (non-hydrogen) atoms. The van der Waals surface area contributed by atoms with Crippen LogP contribution in [0.4, 0.5) is 0 Å². The summed E-state index contributed by atoms with van der Waals surface area (Å²) in [7, 11) is 0. The van der Waals surface area contributed by atoms with E-state index < -0.39 is 0 Å². The van der Waals surface area contributed by atoms with Crippen LogP contribution in [-0.2, 0) is 19.2 Å². The second kappa shape index (κ2) is 6.63. The number of hydrogen-bond acceptors (Lipinski definition) is 4. The molecule has 2 rings (SSSR count). The number of carbonyl (C=O) groups excluding carboxylic acids is 4. The van der Waals surface area contributed by atoms with E-state index in [1.165, 1.54) is 9.80 Å². The summed E-state index contributed by atoms with van der Waals surface area (Å²) in [6.45, 7) is 8.23. The molecule has 0 radical (unpaired) electrons. The molecule has 0 aromatic carbocycles. The molecular formula is C14H22N2O4. The van der Waals surface area contributed by atoms with Crippen LogP contribution in [0.1, 0.15) is 40.5 Å². The SMILES string of the molecule is CCN1C(=O)CC(C)C1=O.CCN1C(=O)CC(C)C1=O. The van der Waals surface area contributed by atoms with Crippen molar-refractivity contribution in [3.05, 3.63) is 0 Å². The minimum atomic E-state index is -0.0903. The third-order valence-electron chi connectivity index (χ3n) is 3.57. The first-order valence-corrected chi connectivity index (χ1v) is 7.01. The summed E-state index contributed by atoms with van der Waals surface area (Å²) in [5, 5.41) is 0. The molecule has 0 spiro atoms. The third kappa shape index (κ3) is 3.23. The zero-order valence-electron chi connectivity index (χ0n) is 12.5. The number of nitrogens with zero attached hydrogens (tertiary/aromatic N) is 2. The minimum Gasteiger partial charge on any atom is -0.283 e. The van der Waals surface area contributed by atoms with Gasteiger partial charge in [0.2, 0.25) is 23.6 Å². The first-order chi connectivity index (χ1) is 9.33. The van der Waals surface area contributed by atoms with Crippen LogP contribution in [0.3, 0.4) is 0 Å². The summed E-state index contributed by atoms with van der Waals surface area (Å²) in [6, 6.07) is 0. The molecule has 2 aliphatic heterocycles. The summed E-state index contributed by atoms with van der Waals surface area (Å²) in [4.78, 5) is 46.6. The maximum Gasteiger partial charge on any atom is 0.232 e. The molecule has 2 saturated heterocycles. The molecular weight excluding hydrogens is 260 g/mol. The van der Waals surface area contributed by atoms with Gasteiger partial charge in [-0.1, -0.05) is 13.8 Å². The van der Waals surface area contributed by atoms with Gasteiger partial charge in [-0.15, -0.1) is 0 Å². The average Bonchev–Trinajstić information content (AvgIpc) is 2.77. The number of rotatable bonds is 2. The molecule has 6 heteroatoms. The molecule has 6 nitrogen and oxygen atoms in total. The Bertz CT molecular complexity index is 393.